The van der Waals surface area contributed by atoms with E-state index in [1.54, 1.807) is 0 Å². The highest BCUT2D eigenvalue weighted by molar-refractivity contribution is 6.65. The lowest BCUT2D eigenvalue weighted by molar-refractivity contribution is -0.117. The first kappa shape index (κ1) is 13.1. The van der Waals surface area contributed by atoms with Crippen LogP contribution in [0.2, 0.25) is 0 Å². The second-order valence-electron chi connectivity index (χ2n) is 5.19. The third-order valence-electron chi connectivity index (χ3n) is 3.91. The molecular weight excluding hydrogens is 244 g/mol. The summed E-state index contributed by atoms with van der Waals surface area (Å²) < 4.78 is 0. The van der Waals surface area contributed by atoms with Gasteiger partial charge in [0.2, 0.25) is 5.24 Å². The van der Waals surface area contributed by atoms with Gasteiger partial charge in [0, 0.05) is 0 Å². The van der Waals surface area contributed by atoms with E-state index >= 15 is 0 Å². The SMILES string of the molecule is CC(C)C(C)(C(=O)Cl)c1ccc2ccccc2c1. The standard InChI is InChI=1S/C16H17ClO/c1-11(2)16(3,15(17)18)14-9-8-12-6-4-5-7-13(12)10-14/h4-11H,1-3H3. The molecule has 0 N–H and O–H groups in total. The van der Waals surface area contributed by atoms with Crippen LogP contribution in [0.4, 0.5) is 0 Å². The lowest BCUT2D eigenvalue weighted by Gasteiger charge is -2.30. The van der Waals surface area contributed by atoms with Gasteiger partial charge >= 0.3 is 0 Å². The smallest absolute Gasteiger partial charge is 0.232 e. The number of hydrogen-bond acceptors (Lipinski definition) is 1. The van der Waals surface area contributed by atoms with Gasteiger partial charge < -0.3 is 0 Å². The average molecular weight is 261 g/mol. The zero-order valence-corrected chi connectivity index (χ0v) is 11.7. The number of carbonyl (C=O) groups is 1. The molecule has 1 atom stereocenters. The Bertz CT molecular complexity index is 588. The molecule has 94 valence electrons. The van der Waals surface area contributed by atoms with Crippen LogP contribution in [0.3, 0.4) is 0 Å². The van der Waals surface area contributed by atoms with Gasteiger partial charge in [-0.15, -0.1) is 0 Å². The second-order valence-corrected chi connectivity index (χ2v) is 5.54. The Morgan fingerprint density at radius 2 is 1.72 bits per heavy atom. The van der Waals surface area contributed by atoms with Gasteiger partial charge in [0.1, 0.15) is 0 Å². The second kappa shape index (κ2) is 4.74. The lowest BCUT2D eigenvalue weighted by Crippen LogP contribution is -2.34. The first-order valence-electron chi connectivity index (χ1n) is 6.15. The van der Waals surface area contributed by atoms with Crippen LogP contribution in [0.25, 0.3) is 10.8 Å². The topological polar surface area (TPSA) is 17.1 Å². The quantitative estimate of drug-likeness (QED) is 0.742. The van der Waals surface area contributed by atoms with E-state index in [2.05, 4.69) is 18.2 Å². The molecule has 1 unspecified atom stereocenters. The van der Waals surface area contributed by atoms with Gasteiger partial charge in [0.25, 0.3) is 0 Å². The summed E-state index contributed by atoms with van der Waals surface area (Å²) in [6, 6.07) is 14.2. The molecule has 18 heavy (non-hydrogen) atoms. The largest absolute Gasteiger partial charge is 0.280 e. The molecule has 2 aromatic rings. The molecule has 0 aromatic heterocycles. The van der Waals surface area contributed by atoms with Crippen LogP contribution in [0.5, 0.6) is 0 Å². The zero-order valence-electron chi connectivity index (χ0n) is 10.9. The zero-order chi connectivity index (χ0) is 13.3. The fourth-order valence-corrected chi connectivity index (χ4v) is 2.51. The van der Waals surface area contributed by atoms with Gasteiger partial charge in [-0.2, -0.15) is 0 Å². The molecule has 0 spiro atoms. The maximum absolute atomic E-state index is 11.8. The van der Waals surface area contributed by atoms with Crippen molar-refractivity contribution >= 4 is 27.6 Å². The van der Waals surface area contributed by atoms with Gasteiger partial charge in [-0.3, -0.25) is 4.79 Å². The molecule has 0 fully saturated rings. The third-order valence-corrected chi connectivity index (χ3v) is 4.30. The van der Waals surface area contributed by atoms with E-state index in [1.165, 1.54) is 5.39 Å². The minimum absolute atomic E-state index is 0.156. The molecule has 2 heteroatoms. The van der Waals surface area contributed by atoms with E-state index in [9.17, 15) is 4.79 Å². The van der Waals surface area contributed by atoms with Crippen LogP contribution >= 0.6 is 11.6 Å². The Labute approximate surface area is 113 Å². The van der Waals surface area contributed by atoms with E-state index in [4.69, 9.17) is 11.6 Å². The van der Waals surface area contributed by atoms with Crippen LogP contribution in [-0.4, -0.2) is 5.24 Å². The van der Waals surface area contributed by atoms with Crippen molar-refractivity contribution in [2.24, 2.45) is 5.92 Å². The monoisotopic (exact) mass is 260 g/mol. The number of hydrogen-bond donors (Lipinski definition) is 0. The van der Waals surface area contributed by atoms with E-state index in [1.807, 2.05) is 45.0 Å². The minimum atomic E-state index is -0.633. The summed E-state index contributed by atoms with van der Waals surface area (Å²) in [6.07, 6.45) is 0. The molecule has 0 aliphatic rings. The van der Waals surface area contributed by atoms with E-state index in [0.717, 1.165) is 10.9 Å². The van der Waals surface area contributed by atoms with Crippen molar-refractivity contribution in [2.45, 2.75) is 26.2 Å². The molecule has 0 amide bonds. The van der Waals surface area contributed by atoms with Crippen LogP contribution in [0.1, 0.15) is 26.3 Å². The van der Waals surface area contributed by atoms with Gasteiger partial charge in [0.15, 0.2) is 0 Å². The summed E-state index contributed by atoms with van der Waals surface area (Å²) in [7, 11) is 0. The molecule has 0 heterocycles. The van der Waals surface area contributed by atoms with Crippen molar-refractivity contribution in [1.82, 2.24) is 0 Å². The van der Waals surface area contributed by atoms with Gasteiger partial charge in [-0.05, 0) is 40.8 Å². The summed E-state index contributed by atoms with van der Waals surface area (Å²) in [5.74, 6) is 0.156. The van der Waals surface area contributed by atoms with E-state index < -0.39 is 5.41 Å². The van der Waals surface area contributed by atoms with Crippen LogP contribution in [-0.2, 0) is 10.2 Å². The Kier molecular flexibility index (Phi) is 3.45. The maximum Gasteiger partial charge on any atom is 0.232 e. The van der Waals surface area contributed by atoms with Gasteiger partial charge in [-0.25, -0.2) is 0 Å². The third kappa shape index (κ3) is 2.04. The molecule has 0 bridgehead atoms. The van der Waals surface area contributed by atoms with Crippen LogP contribution in [0.15, 0.2) is 42.5 Å². The predicted octanol–water partition coefficient (Wildman–Crippen LogP) is 4.52. The van der Waals surface area contributed by atoms with Crippen molar-refractivity contribution < 1.29 is 4.79 Å². The van der Waals surface area contributed by atoms with Crippen molar-refractivity contribution in [3.05, 3.63) is 48.0 Å². The van der Waals surface area contributed by atoms with E-state index in [0.29, 0.717) is 0 Å². The normalized spacial score (nSPS) is 14.7. The molecule has 0 aliphatic carbocycles. The predicted molar refractivity (Wildman–Crippen MR) is 77.0 cm³/mol. The van der Waals surface area contributed by atoms with Crippen molar-refractivity contribution in [3.63, 3.8) is 0 Å². The molecule has 2 aromatic carbocycles. The van der Waals surface area contributed by atoms with Crippen LogP contribution < -0.4 is 0 Å². The molecule has 2 rings (SSSR count). The highest BCUT2D eigenvalue weighted by Crippen LogP contribution is 2.35. The summed E-state index contributed by atoms with van der Waals surface area (Å²) >= 11 is 5.83. The average Bonchev–Trinajstić information content (AvgIpc) is 2.36. The fourth-order valence-electron chi connectivity index (χ4n) is 2.19. The van der Waals surface area contributed by atoms with Crippen molar-refractivity contribution in [1.29, 1.82) is 0 Å². The molecule has 0 aliphatic heterocycles. The highest BCUT2D eigenvalue weighted by Gasteiger charge is 2.37. The van der Waals surface area contributed by atoms with Gasteiger partial charge in [-0.1, -0.05) is 56.3 Å². The first-order valence-corrected chi connectivity index (χ1v) is 6.53. The summed E-state index contributed by atoms with van der Waals surface area (Å²) in [4.78, 5) is 11.8. The summed E-state index contributed by atoms with van der Waals surface area (Å²) in [5.41, 5.74) is 0.349. The van der Waals surface area contributed by atoms with Crippen molar-refractivity contribution in [2.75, 3.05) is 0 Å². The molecule has 0 saturated heterocycles. The Morgan fingerprint density at radius 1 is 1.11 bits per heavy atom. The number of carbonyl (C=O) groups excluding carboxylic acids is 1. The Hall–Kier alpha value is -1.34. The Morgan fingerprint density at radius 3 is 2.28 bits per heavy atom. The number of halogens is 1. The highest BCUT2D eigenvalue weighted by atomic mass is 35.5. The number of benzene rings is 2. The number of rotatable bonds is 3. The molecular formula is C16H17ClO. The fraction of sp³-hybridized carbons (Fsp3) is 0.312. The minimum Gasteiger partial charge on any atom is -0.280 e. The summed E-state index contributed by atoms with van der Waals surface area (Å²) in [5, 5.41) is 2.02. The Balaban J connectivity index is 2.62. The number of fused-ring (bicyclic) bond motifs is 1. The molecule has 0 radical (unpaired) electrons. The van der Waals surface area contributed by atoms with Gasteiger partial charge in [0.05, 0.1) is 5.41 Å². The first-order chi connectivity index (χ1) is 8.46. The summed E-state index contributed by atoms with van der Waals surface area (Å²) in [6.45, 7) is 5.96. The molecule has 0 saturated carbocycles. The van der Waals surface area contributed by atoms with E-state index in [-0.39, 0.29) is 11.2 Å². The van der Waals surface area contributed by atoms with Crippen molar-refractivity contribution in [3.8, 4) is 0 Å². The molecule has 1 nitrogen and oxygen atoms in total. The maximum atomic E-state index is 11.8. The lowest BCUT2D eigenvalue weighted by atomic mass is 9.74. The van der Waals surface area contributed by atoms with Crippen LogP contribution in [0, 0.1) is 5.92 Å².